The molecule has 1 amide bonds. The smallest absolute Gasteiger partial charge is 0.226 e. The highest BCUT2D eigenvalue weighted by molar-refractivity contribution is 5.94. The number of nitrogens with one attached hydrogen (secondary N) is 2. The van der Waals surface area contributed by atoms with Crippen LogP contribution in [0.4, 0.5) is 5.69 Å². The number of carbonyl (C=O) groups excluding carboxylic acids is 1. The number of piperidine rings is 1. The van der Waals surface area contributed by atoms with Crippen molar-refractivity contribution in [3.05, 3.63) is 83.9 Å². The summed E-state index contributed by atoms with van der Waals surface area (Å²) in [6, 6.07) is 18.4. The van der Waals surface area contributed by atoms with Crippen molar-refractivity contribution < 1.29 is 9.90 Å². The maximum atomic E-state index is 13.1. The van der Waals surface area contributed by atoms with E-state index in [1.165, 1.54) is 17.1 Å². The molecule has 2 aromatic carbocycles. The van der Waals surface area contributed by atoms with E-state index in [0.29, 0.717) is 30.8 Å². The van der Waals surface area contributed by atoms with Crippen LogP contribution >= 0.6 is 0 Å². The van der Waals surface area contributed by atoms with Gasteiger partial charge in [-0.3, -0.25) is 9.78 Å². The molecule has 0 radical (unpaired) electrons. The van der Waals surface area contributed by atoms with Gasteiger partial charge in [0.2, 0.25) is 11.9 Å². The number of guanidine groups is 1. The number of aliphatic imine (C=N–C) groups is 1. The van der Waals surface area contributed by atoms with E-state index in [1.807, 2.05) is 41.4 Å². The van der Waals surface area contributed by atoms with E-state index in [4.69, 9.17) is 0 Å². The summed E-state index contributed by atoms with van der Waals surface area (Å²) in [5, 5.41) is 16.8. The van der Waals surface area contributed by atoms with Gasteiger partial charge in [-0.25, -0.2) is 4.99 Å². The molecule has 7 nitrogen and oxygen atoms in total. The normalized spacial score (nSPS) is 17.2. The fourth-order valence-electron chi connectivity index (χ4n) is 5.35. The fraction of sp³-hybridized carbons (Fsp3) is 0.345. The van der Waals surface area contributed by atoms with Crippen LogP contribution in [0.15, 0.2) is 77.7 Å². The molecule has 1 atom stereocenters. The van der Waals surface area contributed by atoms with Crippen LogP contribution in [0.2, 0.25) is 0 Å². The molecule has 186 valence electrons. The third-order valence-electron chi connectivity index (χ3n) is 7.27. The largest absolute Gasteiger partial charge is 0.509 e. The number of rotatable bonds is 6. The molecule has 0 bridgehead atoms. The Morgan fingerprint density at radius 2 is 2.00 bits per heavy atom. The Morgan fingerprint density at radius 3 is 2.78 bits per heavy atom. The number of aliphatic hydroxyl groups is 1. The van der Waals surface area contributed by atoms with Gasteiger partial charge in [-0.05, 0) is 66.5 Å². The van der Waals surface area contributed by atoms with E-state index in [2.05, 4.69) is 51.8 Å². The van der Waals surface area contributed by atoms with Gasteiger partial charge in [0.1, 0.15) is 5.76 Å². The van der Waals surface area contributed by atoms with E-state index in [0.717, 1.165) is 49.1 Å². The maximum absolute atomic E-state index is 13.1. The molecule has 36 heavy (non-hydrogen) atoms. The Bertz CT molecular complexity index is 1290. The number of aliphatic hydroxyl groups excluding tert-OH is 1. The van der Waals surface area contributed by atoms with Crippen LogP contribution in [-0.2, 0) is 11.2 Å². The van der Waals surface area contributed by atoms with Crippen molar-refractivity contribution in [2.24, 2.45) is 10.9 Å². The highest BCUT2D eigenvalue weighted by atomic mass is 16.3. The molecule has 0 saturated carbocycles. The second-order valence-electron chi connectivity index (χ2n) is 9.65. The first kappa shape index (κ1) is 23.9. The van der Waals surface area contributed by atoms with E-state index in [-0.39, 0.29) is 11.7 Å². The van der Waals surface area contributed by atoms with Gasteiger partial charge in [-0.15, -0.1) is 0 Å². The number of benzene rings is 2. The van der Waals surface area contributed by atoms with Crippen LogP contribution < -0.4 is 10.6 Å². The van der Waals surface area contributed by atoms with Crippen molar-refractivity contribution in [2.75, 3.05) is 25.0 Å². The quantitative estimate of drug-likeness (QED) is 0.460. The average Bonchev–Trinajstić information content (AvgIpc) is 2.91. The Labute approximate surface area is 212 Å². The summed E-state index contributed by atoms with van der Waals surface area (Å²) in [5.74, 6) is 1.97. The van der Waals surface area contributed by atoms with Gasteiger partial charge in [-0.2, -0.15) is 0 Å². The summed E-state index contributed by atoms with van der Waals surface area (Å²) in [7, 11) is 0. The number of hydrogen-bond acceptors (Lipinski definition) is 6. The molecule has 3 N–H and O–H groups in total. The summed E-state index contributed by atoms with van der Waals surface area (Å²) in [6.07, 6.45) is 6.97. The van der Waals surface area contributed by atoms with Gasteiger partial charge in [0, 0.05) is 30.4 Å². The molecule has 1 unspecified atom stereocenters. The summed E-state index contributed by atoms with van der Waals surface area (Å²) >= 11 is 0. The van der Waals surface area contributed by atoms with Gasteiger partial charge >= 0.3 is 0 Å². The van der Waals surface area contributed by atoms with Gasteiger partial charge in [0.25, 0.3) is 0 Å². The molecular weight excluding hydrogens is 450 g/mol. The molecule has 2 aliphatic rings. The SMILES string of the molecule is CCC(c1cnc2ccccc2c1)C1CCN(C(=O)Cc2cccc(NC3=NC=C(O)CN3)c2)CC1. The van der Waals surface area contributed by atoms with Crippen molar-refractivity contribution in [3.63, 3.8) is 0 Å². The molecule has 7 heteroatoms. The van der Waals surface area contributed by atoms with Crippen molar-refractivity contribution in [3.8, 4) is 0 Å². The Balaban J connectivity index is 1.17. The second-order valence-corrected chi connectivity index (χ2v) is 9.65. The lowest BCUT2D eigenvalue weighted by atomic mass is 9.79. The number of carbonyl (C=O) groups is 1. The van der Waals surface area contributed by atoms with Crippen LogP contribution in [0.3, 0.4) is 0 Å². The van der Waals surface area contributed by atoms with E-state index >= 15 is 0 Å². The number of likely N-dealkylation sites (tertiary alicyclic amines) is 1. The third kappa shape index (κ3) is 5.51. The Morgan fingerprint density at radius 1 is 1.17 bits per heavy atom. The minimum atomic E-state index is 0.173. The molecule has 3 aromatic rings. The maximum Gasteiger partial charge on any atom is 0.226 e. The van der Waals surface area contributed by atoms with Crippen LogP contribution in [0.25, 0.3) is 10.9 Å². The molecule has 5 rings (SSSR count). The Kier molecular flexibility index (Phi) is 7.16. The van der Waals surface area contributed by atoms with Crippen molar-refractivity contribution in [2.45, 2.75) is 38.5 Å². The molecular formula is C29H33N5O2. The number of aromatic nitrogens is 1. The molecule has 0 aliphatic carbocycles. The highest BCUT2D eigenvalue weighted by Crippen LogP contribution is 2.36. The number of nitrogens with zero attached hydrogens (tertiary/aromatic N) is 3. The second kappa shape index (κ2) is 10.8. The van der Waals surface area contributed by atoms with E-state index in [1.54, 1.807) is 0 Å². The first-order chi connectivity index (χ1) is 17.6. The van der Waals surface area contributed by atoms with Crippen LogP contribution in [0, 0.1) is 5.92 Å². The molecule has 0 spiro atoms. The number of pyridine rings is 1. The van der Waals surface area contributed by atoms with Crippen LogP contribution in [0.1, 0.15) is 43.2 Å². The summed E-state index contributed by atoms with van der Waals surface area (Å²) < 4.78 is 0. The number of anilines is 1. The van der Waals surface area contributed by atoms with Crippen LogP contribution in [-0.4, -0.2) is 46.5 Å². The van der Waals surface area contributed by atoms with Gasteiger partial charge in [0.15, 0.2) is 0 Å². The molecule has 2 aliphatic heterocycles. The zero-order chi connectivity index (χ0) is 24.9. The van der Waals surface area contributed by atoms with Crippen molar-refractivity contribution >= 4 is 28.5 Å². The molecule has 1 saturated heterocycles. The molecule has 1 fully saturated rings. The minimum Gasteiger partial charge on any atom is -0.509 e. The van der Waals surface area contributed by atoms with Gasteiger partial charge in [-0.1, -0.05) is 37.3 Å². The van der Waals surface area contributed by atoms with Crippen molar-refractivity contribution in [1.29, 1.82) is 0 Å². The lowest BCUT2D eigenvalue weighted by Gasteiger charge is -2.36. The first-order valence-electron chi connectivity index (χ1n) is 12.8. The predicted molar refractivity (Wildman–Crippen MR) is 144 cm³/mol. The summed E-state index contributed by atoms with van der Waals surface area (Å²) in [5.41, 5.74) is 4.17. The Hall–Kier alpha value is -3.87. The highest BCUT2D eigenvalue weighted by Gasteiger charge is 2.29. The van der Waals surface area contributed by atoms with Gasteiger partial charge in [0.05, 0.1) is 24.7 Å². The number of fused-ring (bicyclic) bond motifs is 1. The van der Waals surface area contributed by atoms with E-state index in [9.17, 15) is 9.90 Å². The van der Waals surface area contributed by atoms with Crippen LogP contribution in [0.5, 0.6) is 0 Å². The number of hydrogen-bond donors (Lipinski definition) is 3. The number of amides is 1. The summed E-state index contributed by atoms with van der Waals surface area (Å²) in [4.78, 5) is 23.9. The van der Waals surface area contributed by atoms with Crippen molar-refractivity contribution in [1.82, 2.24) is 15.2 Å². The standard InChI is InChI=1S/C29H33N5O2/c1-2-26(23-16-22-7-3-4-9-27(22)30-17-23)21-10-12-34(13-11-21)28(36)15-20-6-5-8-24(14-20)33-29-31-18-25(35)19-32-29/h3-9,14,16-18,21,26,35H,2,10-13,15,19H2,1H3,(H2,31,32,33). The molecule has 3 heterocycles. The molecule has 1 aromatic heterocycles. The summed E-state index contributed by atoms with van der Waals surface area (Å²) in [6.45, 7) is 4.20. The first-order valence-corrected chi connectivity index (χ1v) is 12.8. The van der Waals surface area contributed by atoms with E-state index < -0.39 is 0 Å². The monoisotopic (exact) mass is 483 g/mol. The average molecular weight is 484 g/mol. The zero-order valence-electron chi connectivity index (χ0n) is 20.7. The topological polar surface area (TPSA) is 89.9 Å². The predicted octanol–water partition coefficient (Wildman–Crippen LogP) is 4.98. The lowest BCUT2D eigenvalue weighted by Crippen LogP contribution is -2.40. The zero-order valence-corrected chi connectivity index (χ0v) is 20.7. The minimum absolute atomic E-state index is 0.173. The number of para-hydroxylation sites is 1. The fourth-order valence-corrected chi connectivity index (χ4v) is 5.35. The third-order valence-corrected chi connectivity index (χ3v) is 7.27. The van der Waals surface area contributed by atoms with Gasteiger partial charge < -0.3 is 20.6 Å². The lowest BCUT2D eigenvalue weighted by molar-refractivity contribution is -0.131.